The number of carbonyl (C=O) groups is 2. The molecular weight excluding hydrogens is 332 g/mol. The molecule has 1 aromatic rings. The molecule has 0 amide bonds. The molecule has 1 aromatic carbocycles. The molecule has 122 valence electrons. The summed E-state index contributed by atoms with van der Waals surface area (Å²) in [4.78, 5) is 25.7. The van der Waals surface area contributed by atoms with Crippen molar-refractivity contribution < 1.29 is 19.1 Å². The molecule has 1 aliphatic rings. The van der Waals surface area contributed by atoms with E-state index in [2.05, 4.69) is 0 Å². The Morgan fingerprint density at radius 2 is 1.88 bits per heavy atom. The number of hydrogen-bond donors (Lipinski definition) is 0. The Hall–Kier alpha value is -3.04. The highest BCUT2D eigenvalue weighted by molar-refractivity contribution is 6.32. The van der Waals surface area contributed by atoms with Gasteiger partial charge in [-0.3, -0.25) is 0 Å². The van der Waals surface area contributed by atoms with Crippen LogP contribution in [0.4, 0.5) is 5.69 Å². The molecule has 1 aliphatic heterocycles. The van der Waals surface area contributed by atoms with Gasteiger partial charge >= 0.3 is 11.9 Å². The largest absolute Gasteiger partial charge is 0.465 e. The molecule has 1 heterocycles. The molecule has 0 spiro atoms. The van der Waals surface area contributed by atoms with Crippen molar-refractivity contribution in [2.75, 3.05) is 19.1 Å². The summed E-state index contributed by atoms with van der Waals surface area (Å²) in [5.41, 5.74) is 0.805. The van der Waals surface area contributed by atoms with Crippen LogP contribution in [-0.4, -0.2) is 26.2 Å². The Kier molecular flexibility index (Phi) is 5.40. The van der Waals surface area contributed by atoms with Crippen LogP contribution in [0.25, 0.3) is 0 Å². The van der Waals surface area contributed by atoms with Crippen LogP contribution < -0.4 is 4.90 Å². The SMILES string of the molecule is COC(=O)C1=C(C(=O)OC)N(c2ccc(C#N)c(Cl)c2)C=CC=C1. The van der Waals surface area contributed by atoms with E-state index < -0.39 is 11.9 Å². The number of allylic oxidation sites excluding steroid dienone is 2. The van der Waals surface area contributed by atoms with Crippen LogP contribution in [0.2, 0.25) is 5.02 Å². The highest BCUT2D eigenvalue weighted by Crippen LogP contribution is 2.29. The van der Waals surface area contributed by atoms with E-state index in [0.717, 1.165) is 0 Å². The van der Waals surface area contributed by atoms with E-state index >= 15 is 0 Å². The minimum absolute atomic E-state index is 0.0184. The average Bonchev–Trinajstić information content (AvgIpc) is 2.83. The van der Waals surface area contributed by atoms with Crippen molar-refractivity contribution in [2.45, 2.75) is 0 Å². The van der Waals surface area contributed by atoms with Crippen molar-refractivity contribution in [3.8, 4) is 6.07 Å². The zero-order valence-corrected chi connectivity index (χ0v) is 13.7. The van der Waals surface area contributed by atoms with Crippen molar-refractivity contribution in [2.24, 2.45) is 0 Å². The van der Waals surface area contributed by atoms with Crippen LogP contribution in [0.3, 0.4) is 0 Å². The first-order valence-electron chi connectivity index (χ1n) is 6.78. The number of esters is 2. The number of anilines is 1. The van der Waals surface area contributed by atoms with E-state index in [1.807, 2.05) is 6.07 Å². The van der Waals surface area contributed by atoms with Gasteiger partial charge in [0.15, 0.2) is 0 Å². The first-order valence-corrected chi connectivity index (χ1v) is 7.16. The van der Waals surface area contributed by atoms with E-state index in [0.29, 0.717) is 11.3 Å². The van der Waals surface area contributed by atoms with Gasteiger partial charge in [-0.1, -0.05) is 17.7 Å². The summed E-state index contributed by atoms with van der Waals surface area (Å²) in [6.45, 7) is 0. The van der Waals surface area contributed by atoms with Gasteiger partial charge in [0, 0.05) is 11.9 Å². The number of rotatable bonds is 3. The third kappa shape index (κ3) is 3.31. The summed E-state index contributed by atoms with van der Waals surface area (Å²) in [6.07, 6.45) is 6.28. The summed E-state index contributed by atoms with van der Waals surface area (Å²) < 4.78 is 9.53. The fraction of sp³-hybridized carbons (Fsp3) is 0.118. The minimum Gasteiger partial charge on any atom is -0.465 e. The number of halogens is 1. The molecule has 0 unspecified atom stereocenters. The lowest BCUT2D eigenvalue weighted by Gasteiger charge is -2.23. The highest BCUT2D eigenvalue weighted by atomic mass is 35.5. The minimum atomic E-state index is -0.716. The summed E-state index contributed by atoms with van der Waals surface area (Å²) in [5, 5.41) is 9.20. The Labute approximate surface area is 143 Å². The van der Waals surface area contributed by atoms with Gasteiger partial charge in [-0.25, -0.2) is 9.59 Å². The zero-order chi connectivity index (χ0) is 17.7. The zero-order valence-electron chi connectivity index (χ0n) is 12.9. The second-order valence-electron chi connectivity index (χ2n) is 4.59. The maximum atomic E-state index is 12.3. The molecule has 0 fully saturated rings. The molecule has 0 radical (unpaired) electrons. The number of benzene rings is 1. The van der Waals surface area contributed by atoms with Crippen LogP contribution in [0.5, 0.6) is 0 Å². The summed E-state index contributed by atoms with van der Waals surface area (Å²) >= 11 is 6.06. The van der Waals surface area contributed by atoms with Gasteiger partial charge in [0.25, 0.3) is 0 Å². The number of methoxy groups -OCH3 is 2. The van der Waals surface area contributed by atoms with Crippen LogP contribution in [0, 0.1) is 11.3 Å². The second-order valence-corrected chi connectivity index (χ2v) is 5.00. The summed E-state index contributed by atoms with van der Waals surface area (Å²) in [5.74, 6) is -1.40. The van der Waals surface area contributed by atoms with Crippen molar-refractivity contribution in [3.63, 3.8) is 0 Å². The topological polar surface area (TPSA) is 79.6 Å². The lowest BCUT2D eigenvalue weighted by Crippen LogP contribution is -2.26. The Morgan fingerprint density at radius 3 is 2.46 bits per heavy atom. The first-order chi connectivity index (χ1) is 11.5. The molecule has 6 nitrogen and oxygen atoms in total. The molecule has 0 aromatic heterocycles. The number of ether oxygens (including phenoxy) is 2. The molecule has 0 aliphatic carbocycles. The number of carbonyl (C=O) groups excluding carboxylic acids is 2. The molecule has 0 saturated heterocycles. The normalized spacial score (nSPS) is 13.3. The van der Waals surface area contributed by atoms with E-state index in [-0.39, 0.29) is 16.3 Å². The number of nitriles is 1. The molecule has 0 bridgehead atoms. The first kappa shape index (κ1) is 17.3. The monoisotopic (exact) mass is 344 g/mol. The Balaban J connectivity index is 2.65. The van der Waals surface area contributed by atoms with Crippen LogP contribution >= 0.6 is 11.6 Å². The quantitative estimate of drug-likeness (QED) is 0.784. The fourth-order valence-electron chi connectivity index (χ4n) is 2.11. The van der Waals surface area contributed by atoms with Crippen LogP contribution in [0.1, 0.15) is 5.56 Å². The van der Waals surface area contributed by atoms with Gasteiger partial charge in [0.2, 0.25) is 0 Å². The predicted molar refractivity (Wildman–Crippen MR) is 88.0 cm³/mol. The van der Waals surface area contributed by atoms with Gasteiger partial charge in [0.05, 0.1) is 30.4 Å². The van der Waals surface area contributed by atoms with Gasteiger partial charge in [0.1, 0.15) is 11.8 Å². The molecular formula is C17H13ClN2O4. The smallest absolute Gasteiger partial charge is 0.355 e. The Morgan fingerprint density at radius 1 is 1.17 bits per heavy atom. The van der Waals surface area contributed by atoms with Gasteiger partial charge in [-0.2, -0.15) is 5.26 Å². The number of nitrogens with zero attached hydrogens (tertiary/aromatic N) is 2. The summed E-state index contributed by atoms with van der Waals surface area (Å²) in [7, 11) is 2.44. The maximum absolute atomic E-state index is 12.3. The number of hydrogen-bond acceptors (Lipinski definition) is 6. The van der Waals surface area contributed by atoms with Crippen molar-refractivity contribution in [3.05, 3.63) is 64.5 Å². The van der Waals surface area contributed by atoms with Crippen LogP contribution in [0.15, 0.2) is 53.9 Å². The molecule has 7 heteroatoms. The Bertz CT molecular complexity index is 818. The standard InChI is InChI=1S/C17H13ClN2O4/c1-23-16(21)13-5-3-4-8-20(15(13)17(22)24-2)12-7-6-11(10-19)14(18)9-12/h3-9H,1-2H3. The van der Waals surface area contributed by atoms with Crippen molar-refractivity contribution in [1.82, 2.24) is 0 Å². The summed E-state index contributed by atoms with van der Waals surface area (Å²) in [6, 6.07) is 6.62. The maximum Gasteiger partial charge on any atom is 0.355 e. The van der Waals surface area contributed by atoms with Crippen LogP contribution in [-0.2, 0) is 19.1 Å². The fourth-order valence-corrected chi connectivity index (χ4v) is 2.33. The van der Waals surface area contributed by atoms with Gasteiger partial charge in [-0.15, -0.1) is 0 Å². The van der Waals surface area contributed by atoms with E-state index in [1.54, 1.807) is 24.4 Å². The van der Waals surface area contributed by atoms with E-state index in [4.69, 9.17) is 26.3 Å². The van der Waals surface area contributed by atoms with Crippen molar-refractivity contribution in [1.29, 1.82) is 5.26 Å². The third-order valence-corrected chi connectivity index (χ3v) is 3.55. The molecule has 24 heavy (non-hydrogen) atoms. The molecule has 2 rings (SSSR count). The average molecular weight is 345 g/mol. The second kappa shape index (κ2) is 7.49. The third-order valence-electron chi connectivity index (χ3n) is 3.24. The lowest BCUT2D eigenvalue weighted by atomic mass is 10.1. The molecule has 0 saturated carbocycles. The van der Waals surface area contributed by atoms with E-state index in [9.17, 15) is 9.59 Å². The van der Waals surface area contributed by atoms with Gasteiger partial charge in [-0.05, 0) is 30.4 Å². The predicted octanol–water partition coefficient (Wildman–Crippen LogP) is 2.70. The lowest BCUT2D eigenvalue weighted by molar-refractivity contribution is -0.139. The van der Waals surface area contributed by atoms with Gasteiger partial charge < -0.3 is 14.4 Å². The highest BCUT2D eigenvalue weighted by Gasteiger charge is 2.27. The van der Waals surface area contributed by atoms with Crippen molar-refractivity contribution >= 4 is 29.2 Å². The molecule has 0 atom stereocenters. The van der Waals surface area contributed by atoms with E-state index in [1.165, 1.54) is 37.3 Å². The molecule has 0 N–H and O–H groups in total.